The minimum absolute atomic E-state index is 0.897. The van der Waals surface area contributed by atoms with Gasteiger partial charge in [0.2, 0.25) is 0 Å². The molecule has 0 aliphatic carbocycles. The molecular weight excluding hydrogens is 751 g/mol. The Morgan fingerprint density at radius 1 is 0.258 bits per heavy atom. The van der Waals surface area contributed by atoms with Gasteiger partial charge in [-0.3, -0.25) is 0 Å². The quantitative estimate of drug-likeness (QED) is 0.150. The first kappa shape index (κ1) is 35.7. The van der Waals surface area contributed by atoms with E-state index in [2.05, 4.69) is 229 Å². The summed E-state index contributed by atoms with van der Waals surface area (Å²) in [4.78, 5) is 2.38. The molecular formula is C60H39NO. The molecule has 0 unspecified atom stereocenters. The standard InChI is InChI=1S/C60H39NO/c1-2-15-42(16-3-1)59-54-24-8-6-21-51(54)52-22-7-9-25-55(52)60(59)43-30-35-47(36-31-43)61(46-33-28-41(29-34-46)50-26-13-17-40-14-4-5-20-49(40)50)48-19-12-18-44(38-48)45-32-37-58-56(39-45)53-23-10-11-27-57(53)62-58/h1-39H. The van der Waals surface area contributed by atoms with E-state index in [0.29, 0.717) is 0 Å². The fraction of sp³-hybridized carbons (Fsp3) is 0. The van der Waals surface area contributed by atoms with Crippen molar-refractivity contribution in [3.63, 3.8) is 0 Å². The zero-order valence-corrected chi connectivity index (χ0v) is 33.9. The van der Waals surface area contributed by atoms with Crippen molar-refractivity contribution in [1.82, 2.24) is 0 Å². The Bertz CT molecular complexity index is 3610. The number of anilines is 3. The van der Waals surface area contributed by atoms with E-state index in [0.717, 1.165) is 50.1 Å². The summed E-state index contributed by atoms with van der Waals surface area (Å²) in [6.07, 6.45) is 0. The maximum absolute atomic E-state index is 6.20. The van der Waals surface area contributed by atoms with Gasteiger partial charge in [-0.15, -0.1) is 0 Å². The van der Waals surface area contributed by atoms with Crippen LogP contribution in [0.1, 0.15) is 0 Å². The Balaban J connectivity index is 1.01. The predicted octanol–water partition coefficient (Wildman–Crippen LogP) is 17.2. The van der Waals surface area contributed by atoms with Gasteiger partial charge >= 0.3 is 0 Å². The number of hydrogen-bond acceptors (Lipinski definition) is 2. The lowest BCUT2D eigenvalue weighted by Gasteiger charge is -2.27. The number of rotatable bonds is 7. The maximum Gasteiger partial charge on any atom is 0.135 e. The molecule has 0 aliphatic heterocycles. The second-order valence-corrected chi connectivity index (χ2v) is 16.0. The topological polar surface area (TPSA) is 16.4 Å². The van der Waals surface area contributed by atoms with Gasteiger partial charge in [-0.05, 0) is 131 Å². The van der Waals surface area contributed by atoms with Crippen molar-refractivity contribution in [3.05, 3.63) is 237 Å². The third kappa shape index (κ3) is 6.04. The monoisotopic (exact) mass is 789 g/mol. The van der Waals surface area contributed by atoms with E-state index in [1.54, 1.807) is 0 Å². The number of hydrogen-bond donors (Lipinski definition) is 0. The molecule has 11 aromatic carbocycles. The highest BCUT2D eigenvalue weighted by molar-refractivity contribution is 6.21. The summed E-state index contributed by atoms with van der Waals surface area (Å²) in [7, 11) is 0. The number of benzene rings is 11. The van der Waals surface area contributed by atoms with Gasteiger partial charge in [-0.2, -0.15) is 0 Å². The minimum Gasteiger partial charge on any atom is -0.456 e. The number of fused-ring (bicyclic) bond motifs is 7. The summed E-state index contributed by atoms with van der Waals surface area (Å²) in [6, 6.07) is 85.6. The van der Waals surface area contributed by atoms with Gasteiger partial charge in [0.15, 0.2) is 0 Å². The zero-order chi connectivity index (χ0) is 41.0. The van der Waals surface area contributed by atoms with E-state index in [4.69, 9.17) is 4.42 Å². The first-order chi connectivity index (χ1) is 30.7. The van der Waals surface area contributed by atoms with Crippen molar-refractivity contribution in [2.24, 2.45) is 0 Å². The van der Waals surface area contributed by atoms with Crippen LogP contribution in [0.25, 0.3) is 98.8 Å². The lowest BCUT2D eigenvalue weighted by Crippen LogP contribution is -2.10. The van der Waals surface area contributed by atoms with Gasteiger partial charge in [0, 0.05) is 27.8 Å². The number of para-hydroxylation sites is 1. The average Bonchev–Trinajstić information content (AvgIpc) is 3.72. The van der Waals surface area contributed by atoms with Gasteiger partial charge in [0.25, 0.3) is 0 Å². The van der Waals surface area contributed by atoms with Crippen molar-refractivity contribution in [2.75, 3.05) is 4.90 Å². The molecule has 0 radical (unpaired) electrons. The van der Waals surface area contributed by atoms with Crippen LogP contribution in [0.15, 0.2) is 241 Å². The summed E-state index contributed by atoms with van der Waals surface area (Å²) in [5.74, 6) is 0. The van der Waals surface area contributed by atoms with E-state index in [1.807, 2.05) is 12.1 Å². The Kier molecular flexibility index (Phi) is 8.53. The summed E-state index contributed by atoms with van der Waals surface area (Å²) in [5.41, 5.74) is 14.6. The van der Waals surface area contributed by atoms with Crippen molar-refractivity contribution in [1.29, 1.82) is 0 Å². The van der Waals surface area contributed by atoms with E-state index in [1.165, 1.54) is 65.7 Å². The molecule has 2 nitrogen and oxygen atoms in total. The van der Waals surface area contributed by atoms with Gasteiger partial charge in [0.05, 0.1) is 0 Å². The normalized spacial score (nSPS) is 11.5. The van der Waals surface area contributed by atoms with Gasteiger partial charge < -0.3 is 9.32 Å². The molecule has 0 saturated carbocycles. The average molecular weight is 790 g/mol. The van der Waals surface area contributed by atoms with E-state index >= 15 is 0 Å². The molecule has 62 heavy (non-hydrogen) atoms. The second kappa shape index (κ2) is 14.8. The Hall–Kier alpha value is -8.20. The third-order valence-electron chi connectivity index (χ3n) is 12.5. The highest BCUT2D eigenvalue weighted by Crippen LogP contribution is 2.46. The summed E-state index contributed by atoms with van der Waals surface area (Å²) in [5, 5.41) is 9.76. The Morgan fingerprint density at radius 3 is 1.45 bits per heavy atom. The molecule has 0 atom stereocenters. The molecule has 0 spiro atoms. The molecule has 0 saturated heterocycles. The van der Waals surface area contributed by atoms with Crippen LogP contribution in [0.2, 0.25) is 0 Å². The zero-order valence-electron chi connectivity index (χ0n) is 33.9. The molecule has 0 amide bonds. The van der Waals surface area contributed by atoms with Crippen LogP contribution in [-0.2, 0) is 0 Å². The fourth-order valence-corrected chi connectivity index (χ4v) is 9.57. The highest BCUT2D eigenvalue weighted by Gasteiger charge is 2.20. The van der Waals surface area contributed by atoms with E-state index in [9.17, 15) is 0 Å². The highest BCUT2D eigenvalue weighted by atomic mass is 16.3. The molecule has 0 N–H and O–H groups in total. The van der Waals surface area contributed by atoms with Crippen LogP contribution in [0.4, 0.5) is 17.1 Å². The van der Waals surface area contributed by atoms with Gasteiger partial charge in [-0.1, -0.05) is 182 Å². The van der Waals surface area contributed by atoms with Crippen molar-refractivity contribution in [2.45, 2.75) is 0 Å². The molecule has 290 valence electrons. The van der Waals surface area contributed by atoms with Gasteiger partial charge in [-0.25, -0.2) is 0 Å². The maximum atomic E-state index is 6.20. The number of furan rings is 1. The second-order valence-electron chi connectivity index (χ2n) is 16.0. The fourth-order valence-electron chi connectivity index (χ4n) is 9.57. The van der Waals surface area contributed by atoms with Crippen LogP contribution in [0.5, 0.6) is 0 Å². The summed E-state index contributed by atoms with van der Waals surface area (Å²) in [6.45, 7) is 0. The molecule has 1 aromatic heterocycles. The lowest BCUT2D eigenvalue weighted by molar-refractivity contribution is 0.669. The Labute approximate surface area is 360 Å². The van der Waals surface area contributed by atoms with Crippen LogP contribution in [-0.4, -0.2) is 0 Å². The molecule has 0 bridgehead atoms. The SMILES string of the molecule is c1ccc(-c2c(-c3ccc(N(c4ccc(-c5cccc6ccccc56)cc4)c4cccc(-c5ccc6oc7ccccc7c6c5)c4)cc3)c3ccccc3c3ccccc23)cc1. The van der Waals surface area contributed by atoms with Gasteiger partial charge in [0.1, 0.15) is 11.2 Å². The largest absolute Gasteiger partial charge is 0.456 e. The number of nitrogens with zero attached hydrogens (tertiary/aromatic N) is 1. The lowest BCUT2D eigenvalue weighted by atomic mass is 9.85. The van der Waals surface area contributed by atoms with Crippen LogP contribution < -0.4 is 4.90 Å². The molecule has 12 rings (SSSR count). The summed E-state index contributed by atoms with van der Waals surface area (Å²) >= 11 is 0. The molecule has 1 heterocycles. The first-order valence-electron chi connectivity index (χ1n) is 21.2. The molecule has 0 fully saturated rings. The molecule has 0 aliphatic rings. The third-order valence-corrected chi connectivity index (χ3v) is 12.5. The van der Waals surface area contributed by atoms with Crippen LogP contribution >= 0.6 is 0 Å². The van der Waals surface area contributed by atoms with E-state index < -0.39 is 0 Å². The molecule has 12 aromatic rings. The predicted molar refractivity (Wildman–Crippen MR) is 263 cm³/mol. The van der Waals surface area contributed by atoms with Crippen molar-refractivity contribution < 1.29 is 4.42 Å². The minimum atomic E-state index is 0.897. The smallest absolute Gasteiger partial charge is 0.135 e. The van der Waals surface area contributed by atoms with Crippen LogP contribution in [0.3, 0.4) is 0 Å². The summed E-state index contributed by atoms with van der Waals surface area (Å²) < 4.78 is 6.20. The molecule has 2 heteroatoms. The first-order valence-corrected chi connectivity index (χ1v) is 21.2. The van der Waals surface area contributed by atoms with Crippen molar-refractivity contribution >= 4 is 71.3 Å². The van der Waals surface area contributed by atoms with Crippen LogP contribution in [0, 0.1) is 0 Å². The van der Waals surface area contributed by atoms with E-state index in [-0.39, 0.29) is 0 Å². The Morgan fingerprint density at radius 2 is 0.742 bits per heavy atom. The van der Waals surface area contributed by atoms with Crippen molar-refractivity contribution in [3.8, 4) is 44.5 Å².